The molecule has 0 unspecified atom stereocenters. The van der Waals surface area contributed by atoms with E-state index in [-0.39, 0.29) is 9.92 Å². The van der Waals surface area contributed by atoms with Gasteiger partial charge in [-0.2, -0.15) is 0 Å². The first-order valence-electron chi connectivity index (χ1n) is 4.51. The molecular weight excluding hydrogens is 276 g/mol. The number of hydrogen-bond donors (Lipinski definition) is 2. The molecule has 2 N–H and O–H groups in total. The minimum absolute atomic E-state index is 0.182. The number of rotatable bonds is 5. The number of hydrogen-bond acceptors (Lipinski definition) is 3. The van der Waals surface area contributed by atoms with Gasteiger partial charge in [0.2, 0.25) is 10.0 Å². The highest BCUT2D eigenvalue weighted by Gasteiger charge is 2.30. The van der Waals surface area contributed by atoms with E-state index >= 15 is 0 Å². The Morgan fingerprint density at radius 3 is 2.59 bits per heavy atom. The van der Waals surface area contributed by atoms with Gasteiger partial charge in [-0.25, -0.2) is 21.9 Å². The Kier molecular flexibility index (Phi) is 4.42. The molecule has 0 saturated heterocycles. The van der Waals surface area contributed by atoms with E-state index in [4.69, 9.17) is 16.7 Å². The minimum atomic E-state index is -4.05. The van der Waals surface area contributed by atoms with Crippen molar-refractivity contribution in [3.8, 4) is 0 Å². The molecule has 1 aromatic rings. The number of sulfonamides is 1. The molecule has 4 nitrogen and oxygen atoms in total. The van der Waals surface area contributed by atoms with Crippen LogP contribution >= 0.6 is 11.6 Å². The quantitative estimate of drug-likeness (QED) is 0.855. The van der Waals surface area contributed by atoms with Crippen molar-refractivity contribution < 1.29 is 22.3 Å². The average Bonchev–Trinajstić information content (AvgIpc) is 2.27. The fourth-order valence-corrected chi connectivity index (χ4v) is 2.34. The third-order valence-electron chi connectivity index (χ3n) is 1.86. The van der Waals surface area contributed by atoms with E-state index in [1.54, 1.807) is 4.72 Å². The van der Waals surface area contributed by atoms with Gasteiger partial charge in [-0.15, -0.1) is 0 Å². The molecule has 0 fully saturated rings. The highest BCUT2D eigenvalue weighted by molar-refractivity contribution is 7.89. The molecule has 0 spiro atoms. The second-order valence-corrected chi connectivity index (χ2v) is 5.50. The molecule has 0 bridgehead atoms. The molecule has 0 heterocycles. The largest absolute Gasteiger partial charge is 0.390 e. The monoisotopic (exact) mass is 285 g/mol. The van der Waals surface area contributed by atoms with Crippen molar-refractivity contribution in [2.75, 3.05) is 13.2 Å². The summed E-state index contributed by atoms with van der Waals surface area (Å²) in [5.41, 5.74) is 0. The highest BCUT2D eigenvalue weighted by Crippen LogP contribution is 2.16. The van der Waals surface area contributed by atoms with Crippen LogP contribution in [0.1, 0.15) is 0 Å². The zero-order valence-corrected chi connectivity index (χ0v) is 10.1. The van der Waals surface area contributed by atoms with Crippen LogP contribution in [0, 0.1) is 0 Å². The second kappa shape index (κ2) is 5.26. The molecule has 0 radical (unpaired) electrons. The third-order valence-corrected chi connectivity index (χ3v) is 3.49. The summed E-state index contributed by atoms with van der Waals surface area (Å²) in [6.07, 6.45) is 0. The van der Waals surface area contributed by atoms with Gasteiger partial charge in [-0.1, -0.05) is 17.7 Å². The van der Waals surface area contributed by atoms with Gasteiger partial charge in [0, 0.05) is 5.02 Å². The van der Waals surface area contributed by atoms with Crippen LogP contribution in [-0.4, -0.2) is 32.6 Å². The summed E-state index contributed by atoms with van der Waals surface area (Å²) >= 11 is 5.59. The maximum Gasteiger partial charge on any atom is 0.283 e. The molecule has 96 valence electrons. The Hall–Kier alpha value is -0.760. The van der Waals surface area contributed by atoms with Crippen LogP contribution < -0.4 is 4.72 Å². The summed E-state index contributed by atoms with van der Waals surface area (Å²) in [6.45, 7) is -2.59. The molecule has 0 aliphatic heterocycles. The summed E-state index contributed by atoms with van der Waals surface area (Å²) in [6, 6.07) is 5.22. The lowest BCUT2D eigenvalue weighted by Gasteiger charge is -2.14. The topological polar surface area (TPSA) is 66.4 Å². The van der Waals surface area contributed by atoms with Crippen molar-refractivity contribution in [2.45, 2.75) is 10.8 Å². The van der Waals surface area contributed by atoms with E-state index in [1.807, 2.05) is 0 Å². The first-order valence-corrected chi connectivity index (χ1v) is 6.37. The standard InChI is InChI=1S/C9H10ClF2NO3S/c10-7-2-1-3-8(4-7)17(15,16)13-5-9(11,12)6-14/h1-4,13-14H,5-6H2. The van der Waals surface area contributed by atoms with Gasteiger partial charge in [0.05, 0.1) is 11.4 Å². The van der Waals surface area contributed by atoms with Gasteiger partial charge in [0.25, 0.3) is 5.92 Å². The van der Waals surface area contributed by atoms with Crippen LogP contribution in [0.2, 0.25) is 5.02 Å². The SMILES string of the molecule is O=S(=O)(NCC(F)(F)CO)c1cccc(Cl)c1. The molecule has 0 aliphatic carbocycles. The van der Waals surface area contributed by atoms with E-state index in [2.05, 4.69) is 0 Å². The fraction of sp³-hybridized carbons (Fsp3) is 0.333. The lowest BCUT2D eigenvalue weighted by molar-refractivity contribution is -0.0437. The van der Waals surface area contributed by atoms with E-state index in [0.29, 0.717) is 0 Å². The maximum absolute atomic E-state index is 12.7. The fourth-order valence-electron chi connectivity index (χ4n) is 0.974. The van der Waals surface area contributed by atoms with Gasteiger partial charge in [-0.05, 0) is 18.2 Å². The Morgan fingerprint density at radius 2 is 2.06 bits per heavy atom. The minimum Gasteiger partial charge on any atom is -0.390 e. The molecule has 0 saturated carbocycles. The Morgan fingerprint density at radius 1 is 1.41 bits per heavy atom. The molecule has 17 heavy (non-hydrogen) atoms. The number of alkyl halides is 2. The number of nitrogens with one attached hydrogen (secondary N) is 1. The van der Waals surface area contributed by atoms with Crippen LogP contribution in [0.5, 0.6) is 0 Å². The maximum atomic E-state index is 12.7. The predicted octanol–water partition coefficient (Wildman–Crippen LogP) is 1.25. The molecule has 0 aromatic heterocycles. The molecule has 0 amide bonds. The zero-order valence-electron chi connectivity index (χ0n) is 8.53. The van der Waals surface area contributed by atoms with E-state index < -0.39 is 29.1 Å². The smallest absolute Gasteiger partial charge is 0.283 e. The van der Waals surface area contributed by atoms with Gasteiger partial charge < -0.3 is 5.11 Å². The first-order chi connectivity index (χ1) is 7.77. The molecule has 0 atom stereocenters. The lowest BCUT2D eigenvalue weighted by Crippen LogP contribution is -2.38. The summed E-state index contributed by atoms with van der Waals surface area (Å²) < 4.78 is 50.2. The molecule has 1 rings (SSSR count). The second-order valence-electron chi connectivity index (χ2n) is 3.30. The van der Waals surface area contributed by atoms with Gasteiger partial charge in [0.1, 0.15) is 6.61 Å². The van der Waals surface area contributed by atoms with Crippen LogP contribution in [-0.2, 0) is 10.0 Å². The van der Waals surface area contributed by atoms with Crippen molar-refractivity contribution in [1.82, 2.24) is 4.72 Å². The summed E-state index contributed by atoms with van der Waals surface area (Å²) in [5.74, 6) is -3.49. The van der Waals surface area contributed by atoms with Crippen molar-refractivity contribution in [3.05, 3.63) is 29.3 Å². The number of benzene rings is 1. The van der Waals surface area contributed by atoms with E-state index in [0.717, 1.165) is 6.07 Å². The summed E-state index contributed by atoms with van der Waals surface area (Å²) in [5, 5.41) is 8.48. The average molecular weight is 286 g/mol. The Labute approximate surface area is 102 Å². The van der Waals surface area contributed by atoms with Gasteiger partial charge in [0.15, 0.2) is 0 Å². The number of halogens is 3. The highest BCUT2D eigenvalue weighted by atomic mass is 35.5. The van der Waals surface area contributed by atoms with Crippen molar-refractivity contribution >= 4 is 21.6 Å². The summed E-state index contributed by atoms with van der Waals surface area (Å²) in [7, 11) is -4.05. The number of aliphatic hydroxyl groups excluding tert-OH is 1. The summed E-state index contributed by atoms with van der Waals surface area (Å²) in [4.78, 5) is -0.210. The molecule has 0 aliphatic rings. The zero-order chi connectivity index (χ0) is 13.1. The molecule has 1 aromatic carbocycles. The molecule has 8 heteroatoms. The van der Waals surface area contributed by atoms with Crippen LogP contribution in [0.4, 0.5) is 8.78 Å². The molecular formula is C9H10ClF2NO3S. The lowest BCUT2D eigenvalue weighted by atomic mass is 10.4. The predicted molar refractivity (Wildman–Crippen MR) is 58.7 cm³/mol. The Bertz CT molecular complexity index is 493. The van der Waals surface area contributed by atoms with Crippen molar-refractivity contribution in [3.63, 3.8) is 0 Å². The van der Waals surface area contributed by atoms with Crippen LogP contribution in [0.3, 0.4) is 0 Å². The first kappa shape index (κ1) is 14.3. The Balaban J connectivity index is 2.83. The van der Waals surface area contributed by atoms with E-state index in [9.17, 15) is 17.2 Å². The van der Waals surface area contributed by atoms with Crippen LogP contribution in [0.15, 0.2) is 29.2 Å². The van der Waals surface area contributed by atoms with Crippen LogP contribution in [0.25, 0.3) is 0 Å². The third kappa shape index (κ3) is 4.19. The van der Waals surface area contributed by atoms with Gasteiger partial charge >= 0.3 is 0 Å². The normalized spacial score (nSPS) is 12.7. The number of aliphatic hydroxyl groups is 1. The van der Waals surface area contributed by atoms with Crippen molar-refractivity contribution in [1.29, 1.82) is 0 Å². The van der Waals surface area contributed by atoms with E-state index in [1.165, 1.54) is 18.2 Å². The van der Waals surface area contributed by atoms with Crippen molar-refractivity contribution in [2.24, 2.45) is 0 Å². The van der Waals surface area contributed by atoms with Gasteiger partial charge in [-0.3, -0.25) is 0 Å².